The van der Waals surface area contributed by atoms with Crippen LogP contribution >= 0.6 is 15.9 Å². The number of likely N-dealkylation sites (tertiary alicyclic amines) is 1. The summed E-state index contributed by atoms with van der Waals surface area (Å²) in [6.07, 6.45) is 2.44. The molecule has 0 bridgehead atoms. The molecule has 0 saturated carbocycles. The van der Waals surface area contributed by atoms with E-state index in [0.717, 1.165) is 36.8 Å². The van der Waals surface area contributed by atoms with E-state index in [-0.39, 0.29) is 17.9 Å². The van der Waals surface area contributed by atoms with Gasteiger partial charge >= 0.3 is 6.09 Å². The van der Waals surface area contributed by atoms with Gasteiger partial charge in [-0.05, 0) is 50.3 Å². The van der Waals surface area contributed by atoms with Crippen molar-refractivity contribution in [3.63, 3.8) is 0 Å². The molecular weight excluding hydrogens is 410 g/mol. The SMILES string of the molecule is CCOC(=O)N1CCC[C@@H](C(=O)NC[C@@H]2CCN(c3cccc(Br)c3)C2)C1. The molecule has 0 radical (unpaired) electrons. The first kappa shape index (κ1) is 20.0. The number of anilines is 1. The lowest BCUT2D eigenvalue weighted by molar-refractivity contribution is -0.126. The molecule has 0 spiro atoms. The van der Waals surface area contributed by atoms with Crippen molar-refractivity contribution < 1.29 is 14.3 Å². The molecule has 2 amide bonds. The van der Waals surface area contributed by atoms with Crippen molar-refractivity contribution in [2.24, 2.45) is 11.8 Å². The van der Waals surface area contributed by atoms with Gasteiger partial charge in [-0.1, -0.05) is 22.0 Å². The molecule has 0 unspecified atom stereocenters. The van der Waals surface area contributed by atoms with Crippen molar-refractivity contribution in [1.82, 2.24) is 10.2 Å². The summed E-state index contributed by atoms with van der Waals surface area (Å²) in [4.78, 5) is 28.5. The van der Waals surface area contributed by atoms with Crippen molar-refractivity contribution in [2.75, 3.05) is 44.2 Å². The number of piperidine rings is 1. The minimum absolute atomic E-state index is 0.0601. The van der Waals surface area contributed by atoms with Gasteiger partial charge in [-0.2, -0.15) is 0 Å². The monoisotopic (exact) mass is 437 g/mol. The summed E-state index contributed by atoms with van der Waals surface area (Å²) in [7, 11) is 0. The van der Waals surface area contributed by atoms with Crippen molar-refractivity contribution in [1.29, 1.82) is 0 Å². The summed E-state index contributed by atoms with van der Waals surface area (Å²) in [6, 6.07) is 8.33. The first-order valence-corrected chi connectivity index (χ1v) is 10.6. The van der Waals surface area contributed by atoms with Crippen molar-refractivity contribution in [3.8, 4) is 0 Å². The maximum absolute atomic E-state index is 12.6. The Bertz CT molecular complexity index is 670. The zero-order valence-electron chi connectivity index (χ0n) is 15.8. The first-order valence-electron chi connectivity index (χ1n) is 9.76. The van der Waals surface area contributed by atoms with E-state index in [1.54, 1.807) is 11.8 Å². The Morgan fingerprint density at radius 3 is 2.89 bits per heavy atom. The zero-order chi connectivity index (χ0) is 19.2. The van der Waals surface area contributed by atoms with Gasteiger partial charge in [0.15, 0.2) is 0 Å². The molecule has 2 atom stereocenters. The first-order chi connectivity index (χ1) is 13.1. The largest absolute Gasteiger partial charge is 0.450 e. The molecule has 7 heteroatoms. The van der Waals surface area contributed by atoms with Gasteiger partial charge in [0.05, 0.1) is 12.5 Å². The van der Waals surface area contributed by atoms with Gasteiger partial charge in [0.25, 0.3) is 0 Å². The highest BCUT2D eigenvalue weighted by Crippen LogP contribution is 2.26. The fourth-order valence-corrected chi connectivity index (χ4v) is 4.25. The van der Waals surface area contributed by atoms with Gasteiger partial charge in [0.2, 0.25) is 5.91 Å². The Kier molecular flexibility index (Phi) is 6.99. The molecule has 2 fully saturated rings. The number of hydrogen-bond donors (Lipinski definition) is 1. The number of ether oxygens (including phenoxy) is 1. The molecule has 1 N–H and O–H groups in total. The van der Waals surface area contributed by atoms with E-state index in [4.69, 9.17) is 4.74 Å². The highest BCUT2D eigenvalue weighted by atomic mass is 79.9. The third-order valence-corrected chi connectivity index (χ3v) is 5.84. The second-order valence-electron chi connectivity index (χ2n) is 7.31. The molecule has 148 valence electrons. The van der Waals surface area contributed by atoms with E-state index >= 15 is 0 Å². The van der Waals surface area contributed by atoms with Crippen molar-refractivity contribution >= 4 is 33.6 Å². The number of rotatable bonds is 5. The van der Waals surface area contributed by atoms with Gasteiger partial charge in [0, 0.05) is 42.9 Å². The molecule has 1 aromatic carbocycles. The second-order valence-corrected chi connectivity index (χ2v) is 8.23. The Balaban J connectivity index is 1.45. The topological polar surface area (TPSA) is 61.9 Å². The van der Waals surface area contributed by atoms with Crippen molar-refractivity contribution in [2.45, 2.75) is 26.2 Å². The van der Waals surface area contributed by atoms with E-state index in [1.165, 1.54) is 5.69 Å². The molecule has 2 saturated heterocycles. The van der Waals surface area contributed by atoms with E-state index in [2.05, 4.69) is 38.3 Å². The maximum atomic E-state index is 12.6. The van der Waals surface area contributed by atoms with E-state index in [9.17, 15) is 9.59 Å². The molecule has 0 aliphatic carbocycles. The van der Waals surface area contributed by atoms with Gasteiger partial charge in [0.1, 0.15) is 0 Å². The average molecular weight is 438 g/mol. The summed E-state index contributed by atoms with van der Waals surface area (Å²) >= 11 is 3.52. The van der Waals surface area contributed by atoms with Crippen LogP contribution in [0.4, 0.5) is 10.5 Å². The predicted octanol–water partition coefficient (Wildman–Crippen LogP) is 3.26. The molecule has 2 heterocycles. The summed E-state index contributed by atoms with van der Waals surface area (Å²) in [5.41, 5.74) is 1.22. The van der Waals surface area contributed by atoms with Crippen LogP contribution in [0.25, 0.3) is 0 Å². The lowest BCUT2D eigenvalue weighted by atomic mass is 9.97. The fraction of sp³-hybridized carbons (Fsp3) is 0.600. The van der Waals surface area contributed by atoms with Crippen LogP contribution in [0.2, 0.25) is 0 Å². The van der Waals surface area contributed by atoms with Crippen LogP contribution in [0.1, 0.15) is 26.2 Å². The smallest absolute Gasteiger partial charge is 0.409 e. The lowest BCUT2D eigenvalue weighted by Gasteiger charge is -2.31. The van der Waals surface area contributed by atoms with Gasteiger partial charge in [-0.15, -0.1) is 0 Å². The number of amides is 2. The summed E-state index contributed by atoms with van der Waals surface area (Å²) < 4.78 is 6.14. The number of carbonyl (C=O) groups excluding carboxylic acids is 2. The number of benzene rings is 1. The van der Waals surface area contributed by atoms with Crippen LogP contribution in [0, 0.1) is 11.8 Å². The molecule has 1 aromatic rings. The fourth-order valence-electron chi connectivity index (χ4n) is 3.87. The minimum atomic E-state index is -0.310. The predicted molar refractivity (Wildman–Crippen MR) is 109 cm³/mol. The van der Waals surface area contributed by atoms with Crippen LogP contribution in [0.3, 0.4) is 0 Å². The number of halogens is 1. The maximum Gasteiger partial charge on any atom is 0.409 e. The number of carbonyl (C=O) groups is 2. The molecule has 0 aromatic heterocycles. The van der Waals surface area contributed by atoms with Crippen LogP contribution in [-0.2, 0) is 9.53 Å². The Hall–Kier alpha value is -1.76. The molecule has 27 heavy (non-hydrogen) atoms. The van der Waals surface area contributed by atoms with Gasteiger partial charge in [-0.3, -0.25) is 4.79 Å². The number of nitrogens with zero attached hydrogens (tertiary/aromatic N) is 2. The number of nitrogens with one attached hydrogen (secondary N) is 1. The highest BCUT2D eigenvalue weighted by Gasteiger charge is 2.30. The van der Waals surface area contributed by atoms with Crippen molar-refractivity contribution in [3.05, 3.63) is 28.7 Å². The summed E-state index contributed by atoms with van der Waals surface area (Å²) in [5, 5.41) is 3.12. The summed E-state index contributed by atoms with van der Waals surface area (Å²) in [5.74, 6) is 0.383. The van der Waals surface area contributed by atoms with E-state index in [1.807, 2.05) is 12.1 Å². The Morgan fingerprint density at radius 1 is 1.26 bits per heavy atom. The average Bonchev–Trinajstić information content (AvgIpc) is 3.15. The third kappa shape index (κ3) is 5.37. The third-order valence-electron chi connectivity index (χ3n) is 5.34. The number of hydrogen-bond acceptors (Lipinski definition) is 4. The normalized spacial score (nSPS) is 22.6. The molecule has 2 aliphatic rings. The van der Waals surface area contributed by atoms with E-state index in [0.29, 0.717) is 32.2 Å². The van der Waals surface area contributed by atoms with E-state index < -0.39 is 0 Å². The Labute approximate surface area is 169 Å². The molecule has 6 nitrogen and oxygen atoms in total. The quantitative estimate of drug-likeness (QED) is 0.767. The molecular formula is C20H28BrN3O3. The van der Waals surface area contributed by atoms with Gasteiger partial charge in [-0.25, -0.2) is 4.79 Å². The highest BCUT2D eigenvalue weighted by molar-refractivity contribution is 9.10. The van der Waals surface area contributed by atoms with Crippen LogP contribution in [0.5, 0.6) is 0 Å². The standard InChI is InChI=1S/C20H28BrN3O3/c1-2-27-20(26)24-9-4-5-16(14-24)19(25)22-12-15-8-10-23(13-15)18-7-3-6-17(21)11-18/h3,6-7,11,15-16H,2,4-5,8-10,12-14H2,1H3,(H,22,25)/t15-,16+/m0/s1. The second kappa shape index (κ2) is 9.44. The zero-order valence-corrected chi connectivity index (χ0v) is 17.4. The summed E-state index contributed by atoms with van der Waals surface area (Å²) in [6.45, 7) is 5.95. The van der Waals surface area contributed by atoms with Crippen LogP contribution < -0.4 is 10.2 Å². The Morgan fingerprint density at radius 2 is 2.11 bits per heavy atom. The molecule has 3 rings (SSSR count). The lowest BCUT2D eigenvalue weighted by Crippen LogP contribution is -2.46. The van der Waals surface area contributed by atoms with Crippen LogP contribution in [-0.4, -0.2) is 56.2 Å². The molecule has 2 aliphatic heterocycles. The minimum Gasteiger partial charge on any atom is -0.450 e. The van der Waals surface area contributed by atoms with Crippen LogP contribution in [0.15, 0.2) is 28.7 Å². The van der Waals surface area contributed by atoms with Gasteiger partial charge < -0.3 is 19.9 Å².